The molecule has 0 bridgehead atoms. The fraction of sp³-hybridized carbons (Fsp3) is 0.500. The van der Waals surface area contributed by atoms with E-state index in [0.29, 0.717) is 0 Å². The molecule has 0 fully saturated rings. The van der Waals surface area contributed by atoms with Gasteiger partial charge in [-0.05, 0) is 30.7 Å². The Balaban J connectivity index is 2.15. The SMILES string of the molecule is CCCCCCOc1ccc(F)cc1. The monoisotopic (exact) mass is 196 g/mol. The van der Waals surface area contributed by atoms with E-state index >= 15 is 0 Å². The lowest BCUT2D eigenvalue weighted by molar-refractivity contribution is 0.304. The molecular weight excluding hydrogens is 179 g/mol. The number of hydrogen-bond acceptors (Lipinski definition) is 1. The normalized spacial score (nSPS) is 10.1. The zero-order valence-electron chi connectivity index (χ0n) is 8.63. The van der Waals surface area contributed by atoms with Gasteiger partial charge in [-0.25, -0.2) is 4.39 Å². The third kappa shape index (κ3) is 4.26. The maximum absolute atomic E-state index is 12.5. The van der Waals surface area contributed by atoms with Gasteiger partial charge >= 0.3 is 0 Å². The third-order valence-electron chi connectivity index (χ3n) is 2.08. The third-order valence-corrected chi connectivity index (χ3v) is 2.08. The van der Waals surface area contributed by atoms with Crippen LogP contribution in [0.15, 0.2) is 24.3 Å². The van der Waals surface area contributed by atoms with Crippen molar-refractivity contribution in [1.82, 2.24) is 0 Å². The van der Waals surface area contributed by atoms with Gasteiger partial charge in [0, 0.05) is 0 Å². The van der Waals surface area contributed by atoms with Crippen LogP contribution in [0, 0.1) is 5.82 Å². The van der Waals surface area contributed by atoms with Crippen molar-refractivity contribution < 1.29 is 9.13 Å². The van der Waals surface area contributed by atoms with E-state index in [1.54, 1.807) is 12.1 Å². The Kier molecular flexibility index (Phi) is 5.05. The Bertz CT molecular complexity index is 243. The summed E-state index contributed by atoms with van der Waals surface area (Å²) < 4.78 is 18.0. The molecule has 0 unspecified atom stereocenters. The summed E-state index contributed by atoms with van der Waals surface area (Å²) in [5, 5.41) is 0. The van der Waals surface area contributed by atoms with Crippen molar-refractivity contribution in [3.05, 3.63) is 30.1 Å². The van der Waals surface area contributed by atoms with Gasteiger partial charge in [-0.1, -0.05) is 26.2 Å². The summed E-state index contributed by atoms with van der Waals surface area (Å²) in [6.07, 6.45) is 4.77. The lowest BCUT2D eigenvalue weighted by atomic mass is 10.2. The first-order valence-corrected chi connectivity index (χ1v) is 5.21. The minimum Gasteiger partial charge on any atom is -0.494 e. The van der Waals surface area contributed by atoms with Gasteiger partial charge in [0.25, 0.3) is 0 Å². The Morgan fingerprint density at radius 1 is 1.07 bits per heavy atom. The van der Waals surface area contributed by atoms with Gasteiger partial charge < -0.3 is 4.74 Å². The van der Waals surface area contributed by atoms with E-state index in [0.717, 1.165) is 18.8 Å². The van der Waals surface area contributed by atoms with Gasteiger partial charge in [-0.2, -0.15) is 0 Å². The molecule has 2 heteroatoms. The first kappa shape index (κ1) is 11.0. The number of hydrogen-bond donors (Lipinski definition) is 0. The zero-order chi connectivity index (χ0) is 10.2. The van der Waals surface area contributed by atoms with Crippen molar-refractivity contribution in [2.24, 2.45) is 0 Å². The van der Waals surface area contributed by atoms with Gasteiger partial charge in [0.1, 0.15) is 11.6 Å². The highest BCUT2D eigenvalue weighted by molar-refractivity contribution is 5.21. The molecule has 0 heterocycles. The van der Waals surface area contributed by atoms with Crippen LogP contribution in [0.5, 0.6) is 5.75 Å². The first-order valence-electron chi connectivity index (χ1n) is 5.21. The van der Waals surface area contributed by atoms with Crippen LogP contribution in [-0.2, 0) is 0 Å². The maximum atomic E-state index is 12.5. The Hall–Kier alpha value is -1.05. The van der Waals surface area contributed by atoms with E-state index in [-0.39, 0.29) is 5.82 Å². The number of unbranched alkanes of at least 4 members (excludes halogenated alkanes) is 3. The van der Waals surface area contributed by atoms with Crippen LogP contribution in [0.4, 0.5) is 4.39 Å². The average molecular weight is 196 g/mol. The second-order valence-corrected chi connectivity index (χ2v) is 3.36. The first-order chi connectivity index (χ1) is 6.83. The van der Waals surface area contributed by atoms with Crippen LogP contribution < -0.4 is 4.74 Å². The lowest BCUT2D eigenvalue weighted by Crippen LogP contribution is -1.96. The maximum Gasteiger partial charge on any atom is 0.123 e. The standard InChI is InChI=1S/C12H17FO/c1-2-3-4-5-10-14-12-8-6-11(13)7-9-12/h6-9H,2-5,10H2,1H3. The van der Waals surface area contributed by atoms with E-state index in [2.05, 4.69) is 6.92 Å². The molecule has 0 aliphatic heterocycles. The topological polar surface area (TPSA) is 9.23 Å². The average Bonchev–Trinajstić information content (AvgIpc) is 2.21. The van der Waals surface area contributed by atoms with Gasteiger partial charge in [0.05, 0.1) is 6.61 Å². The number of rotatable bonds is 6. The van der Waals surface area contributed by atoms with Gasteiger partial charge in [0.15, 0.2) is 0 Å². The van der Waals surface area contributed by atoms with E-state index in [9.17, 15) is 4.39 Å². The predicted octanol–water partition coefficient (Wildman–Crippen LogP) is 3.78. The van der Waals surface area contributed by atoms with Crippen LogP contribution >= 0.6 is 0 Å². The molecule has 1 nitrogen and oxygen atoms in total. The largest absolute Gasteiger partial charge is 0.494 e. The summed E-state index contributed by atoms with van der Waals surface area (Å²) in [6.45, 7) is 2.91. The van der Waals surface area contributed by atoms with E-state index in [1.165, 1.54) is 31.4 Å². The van der Waals surface area contributed by atoms with Crippen molar-refractivity contribution in [3.63, 3.8) is 0 Å². The molecule has 0 saturated heterocycles. The molecule has 0 atom stereocenters. The Morgan fingerprint density at radius 2 is 1.79 bits per heavy atom. The summed E-state index contributed by atoms with van der Waals surface area (Å²) in [5.74, 6) is 0.534. The summed E-state index contributed by atoms with van der Waals surface area (Å²) in [4.78, 5) is 0. The molecule has 1 rings (SSSR count). The van der Waals surface area contributed by atoms with Gasteiger partial charge in [0.2, 0.25) is 0 Å². The lowest BCUT2D eigenvalue weighted by Gasteiger charge is -2.05. The molecule has 1 aromatic carbocycles. The van der Waals surface area contributed by atoms with Crippen LogP contribution in [-0.4, -0.2) is 6.61 Å². The Labute approximate surface area is 84.9 Å². The number of halogens is 1. The highest BCUT2D eigenvalue weighted by atomic mass is 19.1. The highest BCUT2D eigenvalue weighted by Gasteiger charge is 1.94. The molecule has 0 N–H and O–H groups in total. The number of ether oxygens (including phenoxy) is 1. The fourth-order valence-electron chi connectivity index (χ4n) is 1.25. The molecule has 0 aliphatic carbocycles. The molecule has 0 spiro atoms. The van der Waals surface area contributed by atoms with Crippen LogP contribution in [0.25, 0.3) is 0 Å². The summed E-state index contributed by atoms with van der Waals surface area (Å²) in [6, 6.07) is 6.16. The zero-order valence-corrected chi connectivity index (χ0v) is 8.63. The molecule has 0 radical (unpaired) electrons. The van der Waals surface area contributed by atoms with Crippen molar-refractivity contribution in [1.29, 1.82) is 0 Å². The van der Waals surface area contributed by atoms with E-state index in [4.69, 9.17) is 4.74 Å². The molecule has 0 aliphatic rings. The van der Waals surface area contributed by atoms with Crippen LogP contribution in [0.2, 0.25) is 0 Å². The minimum absolute atomic E-state index is 0.219. The summed E-state index contributed by atoms with van der Waals surface area (Å²) >= 11 is 0. The fourth-order valence-corrected chi connectivity index (χ4v) is 1.25. The molecular formula is C12H17FO. The van der Waals surface area contributed by atoms with E-state index < -0.39 is 0 Å². The quantitative estimate of drug-likeness (QED) is 0.629. The van der Waals surface area contributed by atoms with Crippen molar-refractivity contribution in [3.8, 4) is 5.75 Å². The molecule has 0 saturated carbocycles. The number of benzene rings is 1. The van der Waals surface area contributed by atoms with Gasteiger partial charge in [-0.3, -0.25) is 0 Å². The Morgan fingerprint density at radius 3 is 2.43 bits per heavy atom. The molecule has 14 heavy (non-hydrogen) atoms. The highest BCUT2D eigenvalue weighted by Crippen LogP contribution is 2.11. The smallest absolute Gasteiger partial charge is 0.123 e. The summed E-state index contributed by atoms with van der Waals surface area (Å²) in [5.41, 5.74) is 0. The van der Waals surface area contributed by atoms with Crippen molar-refractivity contribution in [2.75, 3.05) is 6.61 Å². The minimum atomic E-state index is -0.219. The predicted molar refractivity (Wildman–Crippen MR) is 56.0 cm³/mol. The van der Waals surface area contributed by atoms with Gasteiger partial charge in [-0.15, -0.1) is 0 Å². The second kappa shape index (κ2) is 6.41. The summed E-state index contributed by atoms with van der Waals surface area (Å²) in [7, 11) is 0. The molecule has 0 aromatic heterocycles. The molecule has 0 amide bonds. The van der Waals surface area contributed by atoms with Crippen molar-refractivity contribution >= 4 is 0 Å². The second-order valence-electron chi connectivity index (χ2n) is 3.36. The van der Waals surface area contributed by atoms with Crippen molar-refractivity contribution in [2.45, 2.75) is 32.6 Å². The molecule has 78 valence electrons. The van der Waals surface area contributed by atoms with Crippen LogP contribution in [0.3, 0.4) is 0 Å². The van der Waals surface area contributed by atoms with Crippen LogP contribution in [0.1, 0.15) is 32.6 Å². The molecule has 1 aromatic rings. The van der Waals surface area contributed by atoms with E-state index in [1.807, 2.05) is 0 Å².